The zero-order chi connectivity index (χ0) is 13.8. The third kappa shape index (κ3) is 3.65. The summed E-state index contributed by atoms with van der Waals surface area (Å²) in [5.74, 6) is -0.750. The van der Waals surface area contributed by atoms with Crippen molar-refractivity contribution in [3.8, 4) is 0 Å². The smallest absolute Gasteiger partial charge is 0.250 e. The summed E-state index contributed by atoms with van der Waals surface area (Å²) >= 11 is 4.78. The van der Waals surface area contributed by atoms with Gasteiger partial charge in [0, 0.05) is 9.35 Å². The van der Waals surface area contributed by atoms with E-state index in [4.69, 9.17) is 5.73 Å². The van der Waals surface area contributed by atoms with E-state index < -0.39 is 5.91 Å². The fraction of sp³-hybridized carbons (Fsp3) is 0.0769. The Labute approximate surface area is 122 Å². The Balaban J connectivity index is 2.14. The standard InChI is InChI=1S/C13H11BrN2O2S/c14-8-3-4-11(10(6-8)13(15)18)16-12(17)7-9-2-1-5-19-9/h1-6H,7H2,(H2,15,18)(H,16,17). The number of thiophene rings is 1. The van der Waals surface area contributed by atoms with Gasteiger partial charge in [-0.3, -0.25) is 9.59 Å². The van der Waals surface area contributed by atoms with E-state index in [2.05, 4.69) is 21.2 Å². The van der Waals surface area contributed by atoms with Crippen LogP contribution < -0.4 is 11.1 Å². The van der Waals surface area contributed by atoms with Crippen molar-refractivity contribution in [2.45, 2.75) is 6.42 Å². The molecule has 0 radical (unpaired) electrons. The maximum absolute atomic E-state index is 11.9. The third-order valence-electron chi connectivity index (χ3n) is 2.44. The average Bonchev–Trinajstić information content (AvgIpc) is 2.83. The van der Waals surface area contributed by atoms with E-state index in [1.54, 1.807) is 18.2 Å². The summed E-state index contributed by atoms with van der Waals surface area (Å²) in [6.07, 6.45) is 0.284. The Morgan fingerprint density at radius 1 is 1.32 bits per heavy atom. The molecule has 0 aliphatic carbocycles. The molecule has 0 aliphatic heterocycles. The van der Waals surface area contributed by atoms with E-state index in [1.807, 2.05) is 17.5 Å². The van der Waals surface area contributed by atoms with Gasteiger partial charge in [0.2, 0.25) is 5.91 Å². The minimum Gasteiger partial charge on any atom is -0.366 e. The average molecular weight is 339 g/mol. The monoisotopic (exact) mass is 338 g/mol. The van der Waals surface area contributed by atoms with Crippen LogP contribution in [0, 0.1) is 0 Å². The number of anilines is 1. The second-order valence-electron chi connectivity index (χ2n) is 3.86. The van der Waals surface area contributed by atoms with Crippen molar-refractivity contribution in [1.82, 2.24) is 0 Å². The predicted octanol–water partition coefficient (Wildman–Crippen LogP) is 2.79. The highest BCUT2D eigenvalue weighted by atomic mass is 79.9. The van der Waals surface area contributed by atoms with Gasteiger partial charge in [0.25, 0.3) is 5.91 Å². The van der Waals surface area contributed by atoms with Crippen molar-refractivity contribution in [1.29, 1.82) is 0 Å². The molecule has 0 saturated carbocycles. The van der Waals surface area contributed by atoms with Gasteiger partial charge >= 0.3 is 0 Å². The second-order valence-corrected chi connectivity index (χ2v) is 5.81. The molecule has 0 bridgehead atoms. The molecule has 0 aliphatic rings. The SMILES string of the molecule is NC(=O)c1cc(Br)ccc1NC(=O)Cc1cccs1. The first-order valence-corrected chi connectivity index (χ1v) is 7.15. The summed E-state index contributed by atoms with van der Waals surface area (Å²) in [6.45, 7) is 0. The number of hydrogen-bond acceptors (Lipinski definition) is 3. The molecule has 1 aromatic carbocycles. The van der Waals surface area contributed by atoms with Crippen molar-refractivity contribution >= 4 is 44.8 Å². The van der Waals surface area contributed by atoms with E-state index >= 15 is 0 Å². The largest absolute Gasteiger partial charge is 0.366 e. The van der Waals surface area contributed by atoms with Gasteiger partial charge in [-0.15, -0.1) is 11.3 Å². The van der Waals surface area contributed by atoms with Gasteiger partial charge in [-0.05, 0) is 29.6 Å². The first-order chi connectivity index (χ1) is 9.06. The van der Waals surface area contributed by atoms with Gasteiger partial charge in [-0.25, -0.2) is 0 Å². The molecular weight excluding hydrogens is 328 g/mol. The number of nitrogens with two attached hydrogens (primary N) is 1. The lowest BCUT2D eigenvalue weighted by Gasteiger charge is -2.09. The van der Waals surface area contributed by atoms with Crippen LogP contribution in [0.3, 0.4) is 0 Å². The molecular formula is C13H11BrN2O2S. The van der Waals surface area contributed by atoms with Crippen LogP contribution in [-0.4, -0.2) is 11.8 Å². The number of benzene rings is 1. The van der Waals surface area contributed by atoms with Crippen LogP contribution >= 0.6 is 27.3 Å². The molecule has 0 saturated heterocycles. The van der Waals surface area contributed by atoms with Gasteiger partial charge in [-0.1, -0.05) is 22.0 Å². The number of rotatable bonds is 4. The molecule has 19 heavy (non-hydrogen) atoms. The van der Waals surface area contributed by atoms with Crippen molar-refractivity contribution in [3.05, 3.63) is 50.6 Å². The van der Waals surface area contributed by atoms with E-state index in [0.717, 1.165) is 9.35 Å². The second kappa shape index (κ2) is 5.99. The summed E-state index contributed by atoms with van der Waals surface area (Å²) in [7, 11) is 0. The Morgan fingerprint density at radius 2 is 2.11 bits per heavy atom. The van der Waals surface area contributed by atoms with Crippen LogP contribution in [0.25, 0.3) is 0 Å². The van der Waals surface area contributed by atoms with Crippen LogP contribution in [0.4, 0.5) is 5.69 Å². The molecule has 3 N–H and O–H groups in total. The lowest BCUT2D eigenvalue weighted by atomic mass is 10.1. The number of primary amides is 1. The highest BCUT2D eigenvalue weighted by Gasteiger charge is 2.12. The summed E-state index contributed by atoms with van der Waals surface area (Å²) in [5.41, 5.74) is 6.00. The number of nitrogens with one attached hydrogen (secondary N) is 1. The molecule has 1 aromatic heterocycles. The van der Waals surface area contributed by atoms with Crippen LogP contribution in [0.15, 0.2) is 40.2 Å². The number of carbonyl (C=O) groups is 2. The summed E-state index contributed by atoms with van der Waals surface area (Å²) < 4.78 is 0.734. The molecule has 6 heteroatoms. The third-order valence-corrected chi connectivity index (χ3v) is 3.81. The maximum atomic E-state index is 11.9. The number of halogens is 1. The van der Waals surface area contributed by atoms with Crippen LogP contribution in [0.2, 0.25) is 0 Å². The predicted molar refractivity (Wildman–Crippen MR) is 79.3 cm³/mol. The van der Waals surface area contributed by atoms with E-state index in [0.29, 0.717) is 5.69 Å². The van der Waals surface area contributed by atoms with Crippen molar-refractivity contribution in [2.75, 3.05) is 5.32 Å². The topological polar surface area (TPSA) is 72.2 Å². The van der Waals surface area contributed by atoms with Crippen molar-refractivity contribution in [3.63, 3.8) is 0 Å². The molecule has 2 amide bonds. The molecule has 2 aromatic rings. The van der Waals surface area contributed by atoms with Gasteiger partial charge < -0.3 is 11.1 Å². The normalized spacial score (nSPS) is 10.2. The first kappa shape index (κ1) is 13.8. The van der Waals surface area contributed by atoms with E-state index in [-0.39, 0.29) is 17.9 Å². The summed E-state index contributed by atoms with van der Waals surface area (Å²) in [5, 5.41) is 4.62. The minimum absolute atomic E-state index is 0.174. The highest BCUT2D eigenvalue weighted by molar-refractivity contribution is 9.10. The van der Waals surface area contributed by atoms with E-state index in [9.17, 15) is 9.59 Å². The Hall–Kier alpha value is -1.66. The number of hydrogen-bond donors (Lipinski definition) is 2. The maximum Gasteiger partial charge on any atom is 0.250 e. The van der Waals surface area contributed by atoms with Gasteiger partial charge in [-0.2, -0.15) is 0 Å². The molecule has 0 spiro atoms. The van der Waals surface area contributed by atoms with Gasteiger partial charge in [0.1, 0.15) is 0 Å². The van der Waals surface area contributed by atoms with Crippen LogP contribution in [0.5, 0.6) is 0 Å². The molecule has 98 valence electrons. The van der Waals surface area contributed by atoms with Crippen molar-refractivity contribution in [2.24, 2.45) is 5.73 Å². The molecule has 1 heterocycles. The lowest BCUT2D eigenvalue weighted by Crippen LogP contribution is -2.19. The van der Waals surface area contributed by atoms with Crippen LogP contribution in [-0.2, 0) is 11.2 Å². The molecule has 0 unspecified atom stereocenters. The highest BCUT2D eigenvalue weighted by Crippen LogP contribution is 2.21. The van der Waals surface area contributed by atoms with Crippen molar-refractivity contribution < 1.29 is 9.59 Å². The fourth-order valence-electron chi connectivity index (χ4n) is 1.60. The summed E-state index contributed by atoms with van der Waals surface area (Å²) in [4.78, 5) is 24.2. The Bertz CT molecular complexity index is 611. The Kier molecular flexibility index (Phi) is 4.34. The Morgan fingerprint density at radius 3 is 2.74 bits per heavy atom. The zero-order valence-corrected chi connectivity index (χ0v) is 12.3. The molecule has 0 atom stereocenters. The quantitative estimate of drug-likeness (QED) is 0.899. The number of amides is 2. The zero-order valence-electron chi connectivity index (χ0n) is 9.85. The number of carbonyl (C=O) groups excluding carboxylic acids is 2. The van der Waals surface area contributed by atoms with Crippen LogP contribution in [0.1, 0.15) is 15.2 Å². The van der Waals surface area contributed by atoms with E-state index in [1.165, 1.54) is 11.3 Å². The minimum atomic E-state index is -0.576. The molecule has 4 nitrogen and oxygen atoms in total. The summed E-state index contributed by atoms with van der Waals surface area (Å²) in [6, 6.07) is 8.76. The molecule has 0 fully saturated rings. The fourth-order valence-corrected chi connectivity index (χ4v) is 2.66. The lowest BCUT2D eigenvalue weighted by molar-refractivity contribution is -0.115. The first-order valence-electron chi connectivity index (χ1n) is 5.48. The van der Waals surface area contributed by atoms with Gasteiger partial charge in [0.05, 0.1) is 17.7 Å². The molecule has 2 rings (SSSR count). The van der Waals surface area contributed by atoms with Gasteiger partial charge in [0.15, 0.2) is 0 Å².